The highest BCUT2D eigenvalue weighted by atomic mass is 19.1. The van der Waals surface area contributed by atoms with E-state index in [1.807, 2.05) is 41.3 Å². The molecule has 0 spiro atoms. The number of nitrogens with one attached hydrogen (secondary N) is 1. The second kappa shape index (κ2) is 7.20. The third-order valence-corrected chi connectivity index (χ3v) is 3.84. The summed E-state index contributed by atoms with van der Waals surface area (Å²) in [6, 6.07) is 16.8. The van der Waals surface area contributed by atoms with Crippen molar-refractivity contribution in [2.45, 2.75) is 26.1 Å². The number of benzene rings is 2. The molecule has 4 heteroatoms. The van der Waals surface area contributed by atoms with Gasteiger partial charge in [0, 0.05) is 24.8 Å². The van der Waals surface area contributed by atoms with Gasteiger partial charge in [-0.3, -0.25) is 4.68 Å². The monoisotopic (exact) mass is 309 g/mol. The summed E-state index contributed by atoms with van der Waals surface area (Å²) in [5, 5.41) is 7.80. The first-order valence-electron chi connectivity index (χ1n) is 7.81. The van der Waals surface area contributed by atoms with Crippen LogP contribution in [0.1, 0.15) is 29.7 Å². The molecule has 1 aromatic heterocycles. The summed E-state index contributed by atoms with van der Waals surface area (Å²) in [6.07, 6.45) is 3.89. The van der Waals surface area contributed by atoms with Gasteiger partial charge in [0.15, 0.2) is 0 Å². The molecular formula is C19H20FN3. The van der Waals surface area contributed by atoms with Gasteiger partial charge in [0.05, 0.1) is 12.2 Å². The van der Waals surface area contributed by atoms with Crippen LogP contribution in [-0.4, -0.2) is 9.78 Å². The van der Waals surface area contributed by atoms with Gasteiger partial charge in [0.2, 0.25) is 0 Å². The number of nitrogens with zero attached hydrogens (tertiary/aromatic N) is 2. The van der Waals surface area contributed by atoms with Gasteiger partial charge in [-0.15, -0.1) is 0 Å². The van der Waals surface area contributed by atoms with Crippen LogP contribution in [0.25, 0.3) is 0 Å². The zero-order chi connectivity index (χ0) is 16.1. The fourth-order valence-corrected chi connectivity index (χ4v) is 2.65. The van der Waals surface area contributed by atoms with Crippen LogP contribution in [0.15, 0.2) is 67.0 Å². The Hall–Kier alpha value is -2.46. The largest absolute Gasteiger partial charge is 0.302 e. The van der Waals surface area contributed by atoms with Gasteiger partial charge in [0.25, 0.3) is 0 Å². The molecule has 1 N–H and O–H groups in total. The van der Waals surface area contributed by atoms with Crippen molar-refractivity contribution in [3.8, 4) is 0 Å². The van der Waals surface area contributed by atoms with E-state index >= 15 is 0 Å². The van der Waals surface area contributed by atoms with Gasteiger partial charge in [-0.1, -0.05) is 42.5 Å². The van der Waals surface area contributed by atoms with E-state index < -0.39 is 0 Å². The van der Waals surface area contributed by atoms with Crippen molar-refractivity contribution < 1.29 is 4.39 Å². The van der Waals surface area contributed by atoms with E-state index in [9.17, 15) is 4.39 Å². The Labute approximate surface area is 135 Å². The minimum absolute atomic E-state index is 0.0584. The van der Waals surface area contributed by atoms with E-state index in [0.717, 1.165) is 23.2 Å². The highest BCUT2D eigenvalue weighted by Gasteiger charge is 2.14. The molecule has 0 saturated carbocycles. The molecule has 3 nitrogen and oxygen atoms in total. The average Bonchev–Trinajstić information content (AvgIpc) is 3.04. The molecule has 0 aliphatic rings. The zero-order valence-corrected chi connectivity index (χ0v) is 13.1. The number of rotatable bonds is 6. The van der Waals surface area contributed by atoms with Crippen molar-refractivity contribution in [3.05, 3.63) is 89.5 Å². The standard InChI is InChI=1S/C19H20FN3/c1-2-23-14-15(13-22-23)12-21-19(16-7-4-3-5-8-16)17-9-6-10-18(20)11-17/h3-11,13-14,19,21H,2,12H2,1H3/t19-/m1/s1. The van der Waals surface area contributed by atoms with Crippen LogP contribution >= 0.6 is 0 Å². The van der Waals surface area contributed by atoms with Crippen molar-refractivity contribution in [3.63, 3.8) is 0 Å². The van der Waals surface area contributed by atoms with Gasteiger partial charge in [0.1, 0.15) is 5.82 Å². The highest BCUT2D eigenvalue weighted by molar-refractivity contribution is 5.32. The van der Waals surface area contributed by atoms with Gasteiger partial charge >= 0.3 is 0 Å². The quantitative estimate of drug-likeness (QED) is 0.748. The molecule has 0 fully saturated rings. The third-order valence-electron chi connectivity index (χ3n) is 3.84. The summed E-state index contributed by atoms with van der Waals surface area (Å²) in [4.78, 5) is 0. The maximum absolute atomic E-state index is 13.6. The van der Waals surface area contributed by atoms with Crippen LogP contribution in [-0.2, 0) is 13.1 Å². The van der Waals surface area contributed by atoms with E-state index in [0.29, 0.717) is 6.54 Å². The third kappa shape index (κ3) is 3.85. The van der Waals surface area contributed by atoms with Crippen molar-refractivity contribution in [1.29, 1.82) is 0 Å². The Bertz CT molecular complexity index is 752. The minimum atomic E-state index is -0.218. The Morgan fingerprint density at radius 2 is 1.87 bits per heavy atom. The van der Waals surface area contributed by atoms with Crippen LogP contribution in [0.4, 0.5) is 4.39 Å². The summed E-state index contributed by atoms with van der Waals surface area (Å²) in [5.74, 6) is -0.218. The summed E-state index contributed by atoms with van der Waals surface area (Å²) in [6.45, 7) is 3.59. The van der Waals surface area contributed by atoms with Gasteiger partial charge in [-0.05, 0) is 30.2 Å². The second-order valence-corrected chi connectivity index (χ2v) is 5.48. The first-order valence-corrected chi connectivity index (χ1v) is 7.81. The summed E-state index contributed by atoms with van der Waals surface area (Å²) in [7, 11) is 0. The number of aromatic nitrogens is 2. The van der Waals surface area contributed by atoms with Crippen LogP contribution in [0, 0.1) is 5.82 Å². The van der Waals surface area contributed by atoms with E-state index in [1.165, 1.54) is 6.07 Å². The molecule has 1 heterocycles. The molecule has 1 atom stereocenters. The Morgan fingerprint density at radius 3 is 2.57 bits per heavy atom. The molecule has 0 aliphatic heterocycles. The Balaban J connectivity index is 1.83. The lowest BCUT2D eigenvalue weighted by Gasteiger charge is -2.19. The molecule has 118 valence electrons. The highest BCUT2D eigenvalue weighted by Crippen LogP contribution is 2.23. The summed E-state index contributed by atoms with van der Waals surface area (Å²) in [5.41, 5.74) is 3.14. The van der Waals surface area contributed by atoms with E-state index in [-0.39, 0.29) is 11.9 Å². The molecule has 0 amide bonds. The first kappa shape index (κ1) is 15.4. The van der Waals surface area contributed by atoms with E-state index in [4.69, 9.17) is 0 Å². The predicted molar refractivity (Wildman–Crippen MR) is 89.4 cm³/mol. The minimum Gasteiger partial charge on any atom is -0.302 e. The van der Waals surface area contributed by atoms with Gasteiger partial charge < -0.3 is 5.32 Å². The molecule has 0 aliphatic carbocycles. The molecule has 0 saturated heterocycles. The lowest BCUT2D eigenvalue weighted by atomic mass is 9.98. The molecule has 3 rings (SSSR count). The molecule has 2 aromatic carbocycles. The van der Waals surface area contributed by atoms with Crippen LogP contribution in [0.5, 0.6) is 0 Å². The number of hydrogen-bond donors (Lipinski definition) is 1. The molecule has 3 aromatic rings. The summed E-state index contributed by atoms with van der Waals surface area (Å²) < 4.78 is 15.5. The maximum Gasteiger partial charge on any atom is 0.123 e. The maximum atomic E-state index is 13.6. The molecule has 0 bridgehead atoms. The Morgan fingerprint density at radius 1 is 1.09 bits per heavy atom. The zero-order valence-electron chi connectivity index (χ0n) is 13.1. The van der Waals surface area contributed by atoms with Crippen LogP contribution in [0.2, 0.25) is 0 Å². The first-order chi connectivity index (χ1) is 11.3. The number of hydrogen-bond acceptors (Lipinski definition) is 2. The topological polar surface area (TPSA) is 29.9 Å². The fraction of sp³-hybridized carbons (Fsp3) is 0.211. The predicted octanol–water partition coefficient (Wildman–Crippen LogP) is 3.92. The van der Waals surface area contributed by atoms with Crippen LogP contribution in [0.3, 0.4) is 0 Å². The average molecular weight is 309 g/mol. The molecule has 0 radical (unpaired) electrons. The fourth-order valence-electron chi connectivity index (χ4n) is 2.65. The lowest BCUT2D eigenvalue weighted by molar-refractivity contribution is 0.588. The number of halogens is 1. The van der Waals surface area contributed by atoms with Crippen molar-refractivity contribution in [1.82, 2.24) is 15.1 Å². The summed E-state index contributed by atoms with van der Waals surface area (Å²) >= 11 is 0. The number of aryl methyl sites for hydroxylation is 1. The second-order valence-electron chi connectivity index (χ2n) is 5.48. The molecule has 0 unspecified atom stereocenters. The Kier molecular flexibility index (Phi) is 4.83. The van der Waals surface area contributed by atoms with Crippen molar-refractivity contribution >= 4 is 0 Å². The van der Waals surface area contributed by atoms with Crippen molar-refractivity contribution in [2.75, 3.05) is 0 Å². The molecule has 23 heavy (non-hydrogen) atoms. The van der Waals surface area contributed by atoms with E-state index in [1.54, 1.807) is 12.1 Å². The smallest absolute Gasteiger partial charge is 0.123 e. The van der Waals surface area contributed by atoms with E-state index in [2.05, 4.69) is 29.5 Å². The van der Waals surface area contributed by atoms with Crippen LogP contribution < -0.4 is 5.32 Å². The normalized spacial score (nSPS) is 12.3. The molecular weight excluding hydrogens is 289 g/mol. The van der Waals surface area contributed by atoms with Gasteiger partial charge in [-0.25, -0.2) is 4.39 Å². The van der Waals surface area contributed by atoms with Gasteiger partial charge in [-0.2, -0.15) is 5.10 Å². The SMILES string of the molecule is CCn1cc(CN[C@H](c2ccccc2)c2cccc(F)c2)cn1. The van der Waals surface area contributed by atoms with Crippen molar-refractivity contribution in [2.24, 2.45) is 0 Å². The lowest BCUT2D eigenvalue weighted by Crippen LogP contribution is -2.22.